The zero-order valence-electron chi connectivity index (χ0n) is 5.13. The molecule has 0 saturated heterocycles. The van der Waals surface area contributed by atoms with Crippen LogP contribution in [0.25, 0.3) is 0 Å². The molecule has 1 atom stereocenters. The van der Waals surface area contributed by atoms with Crippen LogP contribution in [0.3, 0.4) is 0 Å². The number of hydrogen-bond acceptors (Lipinski definition) is 3. The van der Waals surface area contributed by atoms with Crippen molar-refractivity contribution in [3.05, 3.63) is 0 Å². The van der Waals surface area contributed by atoms with Gasteiger partial charge >= 0.3 is 5.97 Å². The summed E-state index contributed by atoms with van der Waals surface area (Å²) < 4.78 is 0. The molecule has 0 bridgehead atoms. The average molecular weight is 155 g/mol. The molecule has 0 aromatic carbocycles. The van der Waals surface area contributed by atoms with E-state index in [1.165, 1.54) is 0 Å². The van der Waals surface area contributed by atoms with Crippen LogP contribution >= 0.6 is 12.4 Å². The van der Waals surface area contributed by atoms with E-state index in [1.54, 1.807) is 6.92 Å². The van der Waals surface area contributed by atoms with Crippen LogP contribution in [0, 0.1) is 0 Å². The molecule has 0 aromatic heterocycles. The van der Waals surface area contributed by atoms with Crippen molar-refractivity contribution in [2.45, 2.75) is 19.4 Å². The fourth-order valence-electron chi connectivity index (χ4n) is 0.364. The maximum atomic E-state index is 10.0. The lowest BCUT2D eigenvalue weighted by molar-refractivity contribution is -0.139. The van der Waals surface area contributed by atoms with E-state index in [1.807, 2.05) is 0 Å². The van der Waals surface area contributed by atoms with Gasteiger partial charge < -0.3 is 5.11 Å². The first kappa shape index (κ1) is 11.5. The minimum Gasteiger partial charge on any atom is -0.480 e. The second-order valence-corrected chi connectivity index (χ2v) is 1.47. The van der Waals surface area contributed by atoms with E-state index in [-0.39, 0.29) is 12.4 Å². The maximum absolute atomic E-state index is 10.0. The molecule has 9 heavy (non-hydrogen) atoms. The Labute approximate surface area is 59.8 Å². The van der Waals surface area contributed by atoms with Gasteiger partial charge in [0.15, 0.2) is 0 Å². The van der Waals surface area contributed by atoms with Gasteiger partial charge in [0.25, 0.3) is 0 Å². The summed E-state index contributed by atoms with van der Waals surface area (Å²) >= 11 is 0. The molecule has 0 heterocycles. The van der Waals surface area contributed by atoms with Crippen molar-refractivity contribution in [2.24, 2.45) is 5.84 Å². The van der Waals surface area contributed by atoms with Crippen LogP contribution in [0.15, 0.2) is 0 Å². The van der Waals surface area contributed by atoms with Crippen molar-refractivity contribution in [2.75, 3.05) is 0 Å². The first-order valence-corrected chi connectivity index (χ1v) is 2.41. The number of nitrogens with two attached hydrogens (primary N) is 1. The van der Waals surface area contributed by atoms with Crippen molar-refractivity contribution in [3.63, 3.8) is 0 Å². The van der Waals surface area contributed by atoms with Crippen molar-refractivity contribution < 1.29 is 9.90 Å². The molecular formula is C4H11ClN2O2. The number of carboxylic acid groups (broad SMARTS) is 1. The second kappa shape index (κ2) is 5.81. The van der Waals surface area contributed by atoms with Crippen LogP contribution in [0.5, 0.6) is 0 Å². The average Bonchev–Trinajstić information content (AvgIpc) is 1.69. The van der Waals surface area contributed by atoms with E-state index in [4.69, 9.17) is 10.9 Å². The third-order valence-electron chi connectivity index (χ3n) is 0.908. The largest absolute Gasteiger partial charge is 0.480 e. The van der Waals surface area contributed by atoms with Crippen LogP contribution < -0.4 is 11.3 Å². The summed E-state index contributed by atoms with van der Waals surface area (Å²) in [5.74, 6) is 3.95. The Morgan fingerprint density at radius 1 is 1.89 bits per heavy atom. The molecule has 0 aliphatic rings. The normalized spacial score (nSPS) is 11.8. The van der Waals surface area contributed by atoms with E-state index >= 15 is 0 Å². The highest BCUT2D eigenvalue weighted by Crippen LogP contribution is 1.85. The van der Waals surface area contributed by atoms with E-state index in [0.717, 1.165) is 0 Å². The molecular weight excluding hydrogens is 144 g/mol. The third-order valence-corrected chi connectivity index (χ3v) is 0.908. The number of carbonyl (C=O) groups is 1. The number of aliphatic carboxylic acids is 1. The Bertz CT molecular complexity index is 84.6. The molecule has 0 aliphatic carbocycles. The molecule has 0 rings (SSSR count). The smallest absolute Gasteiger partial charge is 0.322 e. The molecule has 0 aliphatic heterocycles. The highest BCUT2D eigenvalue weighted by Gasteiger charge is 2.10. The fourth-order valence-corrected chi connectivity index (χ4v) is 0.364. The van der Waals surface area contributed by atoms with E-state index in [2.05, 4.69) is 5.43 Å². The molecule has 4 nitrogen and oxygen atoms in total. The van der Waals surface area contributed by atoms with Gasteiger partial charge in [-0.05, 0) is 6.42 Å². The third kappa shape index (κ3) is 4.20. The summed E-state index contributed by atoms with van der Waals surface area (Å²) in [6.45, 7) is 1.75. The van der Waals surface area contributed by atoms with Crippen LogP contribution in [-0.2, 0) is 4.79 Å². The molecule has 4 N–H and O–H groups in total. The number of halogens is 1. The summed E-state index contributed by atoms with van der Waals surface area (Å²) in [6, 6.07) is -0.602. The lowest BCUT2D eigenvalue weighted by Crippen LogP contribution is -2.40. The summed E-state index contributed by atoms with van der Waals surface area (Å²) in [4.78, 5) is 10.0. The monoisotopic (exact) mass is 154 g/mol. The van der Waals surface area contributed by atoms with Crippen molar-refractivity contribution in [1.82, 2.24) is 5.43 Å². The Kier molecular flexibility index (Phi) is 7.41. The highest BCUT2D eigenvalue weighted by atomic mass is 35.5. The quantitative estimate of drug-likeness (QED) is 0.387. The Morgan fingerprint density at radius 3 is 2.33 bits per heavy atom. The summed E-state index contributed by atoms with van der Waals surface area (Å²) in [7, 11) is 0. The Balaban J connectivity index is 0. The van der Waals surface area contributed by atoms with Crippen LogP contribution in [0.4, 0.5) is 0 Å². The lowest BCUT2D eigenvalue weighted by Gasteiger charge is -2.04. The zero-order chi connectivity index (χ0) is 6.57. The molecule has 0 radical (unpaired) electrons. The minimum atomic E-state index is -0.907. The van der Waals surface area contributed by atoms with Crippen molar-refractivity contribution in [1.29, 1.82) is 0 Å². The fraction of sp³-hybridized carbons (Fsp3) is 0.750. The van der Waals surface area contributed by atoms with E-state index in [9.17, 15) is 4.79 Å². The second-order valence-electron chi connectivity index (χ2n) is 1.47. The van der Waals surface area contributed by atoms with Gasteiger partial charge in [-0.3, -0.25) is 10.6 Å². The van der Waals surface area contributed by atoms with E-state index in [0.29, 0.717) is 6.42 Å². The van der Waals surface area contributed by atoms with Gasteiger partial charge in [-0.1, -0.05) is 6.92 Å². The van der Waals surface area contributed by atoms with Crippen molar-refractivity contribution >= 4 is 18.4 Å². The van der Waals surface area contributed by atoms with Gasteiger partial charge in [0.2, 0.25) is 0 Å². The van der Waals surface area contributed by atoms with Crippen LogP contribution in [-0.4, -0.2) is 17.1 Å². The van der Waals surface area contributed by atoms with Crippen molar-refractivity contribution in [3.8, 4) is 0 Å². The molecule has 0 spiro atoms. The number of nitrogens with one attached hydrogen (secondary N) is 1. The number of hydrazine groups is 1. The Hall–Kier alpha value is -0.320. The number of carboxylic acids is 1. The predicted molar refractivity (Wildman–Crippen MR) is 36.3 cm³/mol. The van der Waals surface area contributed by atoms with Gasteiger partial charge in [-0.15, -0.1) is 12.4 Å². The van der Waals surface area contributed by atoms with Gasteiger partial charge in [-0.2, -0.15) is 0 Å². The minimum absolute atomic E-state index is 0. The van der Waals surface area contributed by atoms with Crippen LogP contribution in [0.2, 0.25) is 0 Å². The number of rotatable bonds is 3. The standard InChI is InChI=1S/C4H10N2O2.ClH/c1-2-3(6-5)4(7)8;/h3,6H,2,5H2,1H3,(H,7,8);1H. The molecule has 0 saturated carbocycles. The van der Waals surface area contributed by atoms with Gasteiger partial charge in [0.1, 0.15) is 6.04 Å². The summed E-state index contributed by atoms with van der Waals surface area (Å²) in [5, 5.41) is 8.23. The molecule has 0 fully saturated rings. The summed E-state index contributed by atoms with van der Waals surface area (Å²) in [6.07, 6.45) is 0.506. The topological polar surface area (TPSA) is 75.3 Å². The van der Waals surface area contributed by atoms with Gasteiger partial charge in [0.05, 0.1) is 0 Å². The Morgan fingerprint density at radius 2 is 2.33 bits per heavy atom. The van der Waals surface area contributed by atoms with E-state index < -0.39 is 12.0 Å². The number of hydrogen-bond donors (Lipinski definition) is 3. The van der Waals surface area contributed by atoms with Gasteiger partial charge in [0, 0.05) is 0 Å². The molecule has 0 amide bonds. The lowest BCUT2D eigenvalue weighted by atomic mass is 10.2. The highest BCUT2D eigenvalue weighted by molar-refractivity contribution is 5.85. The molecule has 1 unspecified atom stereocenters. The maximum Gasteiger partial charge on any atom is 0.322 e. The zero-order valence-corrected chi connectivity index (χ0v) is 5.94. The molecule has 56 valence electrons. The first-order valence-electron chi connectivity index (χ1n) is 2.41. The van der Waals surface area contributed by atoms with Crippen LogP contribution in [0.1, 0.15) is 13.3 Å². The predicted octanol–water partition coefficient (Wildman–Crippen LogP) is -0.265. The molecule has 0 aromatic rings. The molecule has 5 heteroatoms. The summed E-state index contributed by atoms with van der Waals surface area (Å²) in [5.41, 5.74) is 2.15. The SMILES string of the molecule is CCC(NN)C(=O)O.Cl. The first-order chi connectivity index (χ1) is 3.72. The van der Waals surface area contributed by atoms with Gasteiger partial charge in [-0.25, -0.2) is 5.43 Å².